The normalized spacial score (nSPS) is 14.5. The molecule has 2 rings (SSSR count). The molecule has 2 N–H and O–H groups in total. The molecule has 27 heavy (non-hydrogen) atoms. The van der Waals surface area contributed by atoms with E-state index in [4.69, 9.17) is 4.74 Å². The molecule has 0 radical (unpaired) electrons. The predicted octanol–water partition coefficient (Wildman–Crippen LogP) is 0.335. The van der Waals surface area contributed by atoms with Gasteiger partial charge >= 0.3 is 0 Å². The van der Waals surface area contributed by atoms with Crippen molar-refractivity contribution in [3.63, 3.8) is 0 Å². The van der Waals surface area contributed by atoms with Crippen LogP contribution in [0, 0.1) is 0 Å². The van der Waals surface area contributed by atoms with Crippen LogP contribution < -0.4 is 15.5 Å². The molecule has 2 heterocycles. The average molecular weight is 491 g/mol. The highest BCUT2D eigenvalue weighted by molar-refractivity contribution is 14.0. The van der Waals surface area contributed by atoms with E-state index in [0.29, 0.717) is 38.6 Å². The third-order valence-corrected chi connectivity index (χ3v) is 4.14. The summed E-state index contributed by atoms with van der Waals surface area (Å²) in [6.45, 7) is 4.96. The molecule has 0 aromatic carbocycles. The summed E-state index contributed by atoms with van der Waals surface area (Å²) in [5.74, 6) is 1.59. The molecular formula is C17H30IN7O2. The Morgan fingerprint density at radius 3 is 2.48 bits per heavy atom. The first-order chi connectivity index (χ1) is 12.7. The van der Waals surface area contributed by atoms with E-state index in [-0.39, 0.29) is 29.9 Å². The number of rotatable bonds is 8. The molecule has 0 unspecified atom stereocenters. The van der Waals surface area contributed by atoms with Crippen LogP contribution in [-0.2, 0) is 9.53 Å². The van der Waals surface area contributed by atoms with Gasteiger partial charge in [-0.15, -0.1) is 24.0 Å². The van der Waals surface area contributed by atoms with Crippen molar-refractivity contribution in [2.24, 2.45) is 4.99 Å². The molecule has 10 heteroatoms. The fraction of sp³-hybridized carbons (Fsp3) is 0.647. The average Bonchev–Trinajstić information content (AvgIpc) is 2.70. The van der Waals surface area contributed by atoms with Gasteiger partial charge in [0, 0.05) is 78.8 Å². The molecule has 1 aliphatic rings. The van der Waals surface area contributed by atoms with Crippen LogP contribution in [0.3, 0.4) is 0 Å². The fourth-order valence-electron chi connectivity index (χ4n) is 2.70. The lowest BCUT2D eigenvalue weighted by atomic mass is 10.3. The Balaban J connectivity index is 0.00000364. The maximum Gasteiger partial charge on any atom is 0.225 e. The van der Waals surface area contributed by atoms with Crippen LogP contribution in [0.15, 0.2) is 23.5 Å². The number of guanidine groups is 1. The van der Waals surface area contributed by atoms with E-state index in [1.165, 1.54) is 0 Å². The summed E-state index contributed by atoms with van der Waals surface area (Å²) in [4.78, 5) is 29.0. The number of amides is 1. The minimum atomic E-state index is 0. The van der Waals surface area contributed by atoms with Crippen LogP contribution in [0.2, 0.25) is 0 Å². The number of aliphatic imine (C=N–C) groups is 1. The molecule has 0 spiro atoms. The number of aromatic nitrogens is 2. The zero-order valence-corrected chi connectivity index (χ0v) is 18.4. The monoisotopic (exact) mass is 491 g/mol. The molecule has 0 atom stereocenters. The fourth-order valence-corrected chi connectivity index (χ4v) is 2.70. The Morgan fingerprint density at radius 2 is 1.85 bits per heavy atom. The van der Waals surface area contributed by atoms with Gasteiger partial charge in [-0.25, -0.2) is 9.97 Å². The second-order valence-electron chi connectivity index (χ2n) is 5.94. The van der Waals surface area contributed by atoms with E-state index in [1.807, 2.05) is 4.90 Å². The van der Waals surface area contributed by atoms with Gasteiger partial charge in [-0.2, -0.15) is 0 Å². The molecule has 1 fully saturated rings. The maximum atomic E-state index is 12.4. The second-order valence-corrected chi connectivity index (χ2v) is 5.94. The van der Waals surface area contributed by atoms with E-state index >= 15 is 0 Å². The maximum absolute atomic E-state index is 12.4. The number of hydrogen-bond donors (Lipinski definition) is 2. The molecule has 1 aliphatic heterocycles. The van der Waals surface area contributed by atoms with Crippen LogP contribution in [0.4, 0.5) is 5.95 Å². The van der Waals surface area contributed by atoms with E-state index in [9.17, 15) is 4.79 Å². The molecular weight excluding hydrogens is 461 g/mol. The number of nitrogens with one attached hydrogen (secondary N) is 2. The number of carbonyl (C=O) groups excluding carboxylic acids is 1. The van der Waals surface area contributed by atoms with Gasteiger partial charge in [-0.05, 0) is 12.5 Å². The molecule has 0 saturated carbocycles. The van der Waals surface area contributed by atoms with Gasteiger partial charge in [0.25, 0.3) is 0 Å². The van der Waals surface area contributed by atoms with Crippen LogP contribution in [-0.4, -0.2) is 86.8 Å². The quantitative estimate of drug-likeness (QED) is 0.234. The van der Waals surface area contributed by atoms with E-state index in [2.05, 4.69) is 30.5 Å². The van der Waals surface area contributed by atoms with Gasteiger partial charge in [0.2, 0.25) is 11.9 Å². The highest BCUT2D eigenvalue weighted by Gasteiger charge is 2.22. The minimum absolute atomic E-state index is 0. The number of nitrogens with zero attached hydrogens (tertiary/aromatic N) is 5. The number of carbonyl (C=O) groups is 1. The SMILES string of the molecule is CN=C(NCCCOC)NCCC(=O)N1CCN(c2ncccn2)CC1.I. The lowest BCUT2D eigenvalue weighted by molar-refractivity contribution is -0.131. The molecule has 0 aliphatic carbocycles. The first-order valence-corrected chi connectivity index (χ1v) is 8.97. The Hall–Kier alpha value is -1.69. The Morgan fingerprint density at radius 1 is 1.19 bits per heavy atom. The van der Waals surface area contributed by atoms with E-state index < -0.39 is 0 Å². The molecule has 152 valence electrons. The number of anilines is 1. The molecule has 1 aromatic heterocycles. The first kappa shape index (κ1) is 23.3. The minimum Gasteiger partial charge on any atom is -0.385 e. The van der Waals surface area contributed by atoms with Crippen molar-refractivity contribution in [3.8, 4) is 0 Å². The van der Waals surface area contributed by atoms with Crippen molar-refractivity contribution in [1.29, 1.82) is 0 Å². The number of piperazine rings is 1. The van der Waals surface area contributed by atoms with Crippen molar-refractivity contribution in [2.75, 3.05) is 64.9 Å². The van der Waals surface area contributed by atoms with Crippen LogP contribution in [0.1, 0.15) is 12.8 Å². The third-order valence-electron chi connectivity index (χ3n) is 4.14. The van der Waals surface area contributed by atoms with Crippen molar-refractivity contribution in [1.82, 2.24) is 25.5 Å². The van der Waals surface area contributed by atoms with Gasteiger partial charge < -0.3 is 25.2 Å². The van der Waals surface area contributed by atoms with Gasteiger partial charge in [-0.3, -0.25) is 9.79 Å². The highest BCUT2D eigenvalue weighted by atomic mass is 127. The van der Waals surface area contributed by atoms with Gasteiger partial charge in [0.05, 0.1) is 0 Å². The first-order valence-electron chi connectivity index (χ1n) is 8.97. The van der Waals surface area contributed by atoms with Crippen molar-refractivity contribution < 1.29 is 9.53 Å². The van der Waals surface area contributed by atoms with Crippen LogP contribution in [0.5, 0.6) is 0 Å². The van der Waals surface area contributed by atoms with Gasteiger partial charge in [-0.1, -0.05) is 0 Å². The van der Waals surface area contributed by atoms with Crippen molar-refractivity contribution >= 4 is 41.8 Å². The lowest BCUT2D eigenvalue weighted by Gasteiger charge is -2.34. The summed E-state index contributed by atoms with van der Waals surface area (Å²) in [6.07, 6.45) is 4.83. The summed E-state index contributed by atoms with van der Waals surface area (Å²) in [5.41, 5.74) is 0. The van der Waals surface area contributed by atoms with Crippen molar-refractivity contribution in [3.05, 3.63) is 18.5 Å². The molecule has 9 nitrogen and oxygen atoms in total. The smallest absolute Gasteiger partial charge is 0.225 e. The standard InChI is InChI=1S/C17H29N7O2.HI/c1-18-16(19-8-4-14-26-2)20-9-5-15(25)23-10-12-24(13-11-23)17-21-6-3-7-22-17;/h3,6-7H,4-5,8-14H2,1-2H3,(H2,18,19,20);1H. The van der Waals surface area contributed by atoms with Gasteiger partial charge in [0.1, 0.15) is 0 Å². The Kier molecular flexibility index (Phi) is 11.7. The zero-order valence-electron chi connectivity index (χ0n) is 16.1. The Labute approximate surface area is 178 Å². The summed E-state index contributed by atoms with van der Waals surface area (Å²) < 4.78 is 5.01. The molecule has 1 aromatic rings. The topological polar surface area (TPSA) is 95.0 Å². The Bertz CT molecular complexity index is 566. The summed E-state index contributed by atoms with van der Waals surface area (Å²) >= 11 is 0. The predicted molar refractivity (Wildman–Crippen MR) is 117 cm³/mol. The largest absolute Gasteiger partial charge is 0.385 e. The number of ether oxygens (including phenoxy) is 1. The molecule has 0 bridgehead atoms. The van der Waals surface area contributed by atoms with Crippen LogP contribution >= 0.6 is 24.0 Å². The summed E-state index contributed by atoms with van der Waals surface area (Å²) in [7, 11) is 3.41. The van der Waals surface area contributed by atoms with E-state index in [0.717, 1.165) is 32.0 Å². The summed E-state index contributed by atoms with van der Waals surface area (Å²) in [5, 5.41) is 6.37. The second kappa shape index (κ2) is 13.5. The van der Waals surface area contributed by atoms with Crippen molar-refractivity contribution in [2.45, 2.75) is 12.8 Å². The summed E-state index contributed by atoms with van der Waals surface area (Å²) in [6, 6.07) is 1.80. The third kappa shape index (κ3) is 8.24. The van der Waals surface area contributed by atoms with Crippen LogP contribution in [0.25, 0.3) is 0 Å². The highest BCUT2D eigenvalue weighted by Crippen LogP contribution is 2.10. The zero-order chi connectivity index (χ0) is 18.6. The lowest BCUT2D eigenvalue weighted by Crippen LogP contribution is -2.50. The molecule has 1 saturated heterocycles. The van der Waals surface area contributed by atoms with E-state index in [1.54, 1.807) is 32.6 Å². The van der Waals surface area contributed by atoms with Gasteiger partial charge in [0.15, 0.2) is 5.96 Å². The number of methoxy groups -OCH3 is 1. The number of halogens is 1. The molecule has 1 amide bonds. The number of hydrogen-bond acceptors (Lipinski definition) is 6.